The number of thiophene rings is 1. The largest absolute Gasteiger partial charge is 0.316 e. The van der Waals surface area contributed by atoms with Gasteiger partial charge in [-0.1, -0.05) is 29.3 Å². The minimum atomic E-state index is 0.387. The van der Waals surface area contributed by atoms with Crippen LogP contribution in [0.4, 0.5) is 0 Å². The predicted octanol–water partition coefficient (Wildman–Crippen LogP) is 4.43. The normalized spacial score (nSPS) is 12.6. The third kappa shape index (κ3) is 3.72. The molecule has 0 bridgehead atoms. The zero-order valence-electron chi connectivity index (χ0n) is 10.1. The summed E-state index contributed by atoms with van der Waals surface area (Å²) in [7, 11) is 1.99. The maximum Gasteiger partial charge on any atom is 0.0453 e. The third-order valence-electron chi connectivity index (χ3n) is 2.95. The van der Waals surface area contributed by atoms with Crippen molar-refractivity contribution >= 4 is 34.5 Å². The first kappa shape index (κ1) is 13.9. The third-order valence-corrected chi connectivity index (χ3v) is 4.27. The molecule has 0 amide bonds. The Balaban J connectivity index is 2.05. The van der Waals surface area contributed by atoms with Gasteiger partial charge in [0.2, 0.25) is 0 Å². The van der Waals surface area contributed by atoms with Gasteiger partial charge in [-0.3, -0.25) is 0 Å². The topological polar surface area (TPSA) is 12.0 Å². The lowest BCUT2D eigenvalue weighted by Crippen LogP contribution is -2.29. The highest BCUT2D eigenvalue weighted by Gasteiger charge is 2.11. The van der Waals surface area contributed by atoms with E-state index in [0.717, 1.165) is 23.4 Å². The predicted molar refractivity (Wildman–Crippen MR) is 81.0 cm³/mol. The molecule has 0 aliphatic heterocycles. The van der Waals surface area contributed by atoms with Crippen LogP contribution in [0.2, 0.25) is 10.0 Å². The van der Waals surface area contributed by atoms with Crippen molar-refractivity contribution < 1.29 is 0 Å². The number of likely N-dealkylation sites (N-methyl/N-ethyl adjacent to an activating group) is 1. The lowest BCUT2D eigenvalue weighted by atomic mass is 10.0. The molecule has 2 aromatic rings. The molecule has 1 aromatic heterocycles. The van der Waals surface area contributed by atoms with Crippen LogP contribution in [0.1, 0.15) is 11.1 Å². The van der Waals surface area contributed by atoms with Gasteiger partial charge in [0.1, 0.15) is 0 Å². The number of rotatable bonds is 5. The van der Waals surface area contributed by atoms with E-state index in [-0.39, 0.29) is 0 Å². The highest BCUT2D eigenvalue weighted by atomic mass is 35.5. The van der Waals surface area contributed by atoms with Crippen LogP contribution in [0.5, 0.6) is 0 Å². The van der Waals surface area contributed by atoms with E-state index in [9.17, 15) is 0 Å². The molecule has 1 aromatic carbocycles. The molecule has 1 nitrogen and oxygen atoms in total. The van der Waals surface area contributed by atoms with Gasteiger partial charge in [-0.15, -0.1) is 0 Å². The lowest BCUT2D eigenvalue weighted by Gasteiger charge is -2.16. The molecule has 2 rings (SSSR count). The summed E-state index contributed by atoms with van der Waals surface area (Å²) in [6.07, 6.45) is 1.92. The van der Waals surface area contributed by atoms with Gasteiger partial charge in [-0.25, -0.2) is 0 Å². The minimum absolute atomic E-state index is 0.387. The highest BCUT2D eigenvalue weighted by molar-refractivity contribution is 7.07. The number of benzene rings is 1. The SMILES string of the molecule is CNC(Cc1ccsc1)Cc1ccc(Cl)cc1Cl. The van der Waals surface area contributed by atoms with Crippen molar-refractivity contribution in [2.24, 2.45) is 0 Å². The Morgan fingerprint density at radius 1 is 1.22 bits per heavy atom. The van der Waals surface area contributed by atoms with Gasteiger partial charge in [0.25, 0.3) is 0 Å². The van der Waals surface area contributed by atoms with Crippen LogP contribution < -0.4 is 5.32 Å². The van der Waals surface area contributed by atoms with Crippen molar-refractivity contribution in [3.8, 4) is 0 Å². The molecule has 0 saturated carbocycles. The van der Waals surface area contributed by atoms with Gasteiger partial charge >= 0.3 is 0 Å². The Labute approximate surface area is 122 Å². The standard InChI is InChI=1S/C14H15Cl2NS/c1-17-13(6-10-4-5-18-9-10)7-11-2-3-12(15)8-14(11)16/h2-5,8-9,13,17H,6-7H2,1H3. The highest BCUT2D eigenvalue weighted by Crippen LogP contribution is 2.23. The van der Waals surface area contributed by atoms with Crippen LogP contribution in [0, 0.1) is 0 Å². The first-order chi connectivity index (χ1) is 8.69. The van der Waals surface area contributed by atoms with Crippen molar-refractivity contribution in [2.75, 3.05) is 7.05 Å². The monoisotopic (exact) mass is 299 g/mol. The zero-order valence-corrected chi connectivity index (χ0v) is 12.4. The molecular weight excluding hydrogens is 285 g/mol. The molecule has 0 saturated heterocycles. The van der Waals surface area contributed by atoms with Crippen LogP contribution >= 0.6 is 34.5 Å². The van der Waals surface area contributed by atoms with E-state index < -0.39 is 0 Å². The van der Waals surface area contributed by atoms with Crippen molar-refractivity contribution in [3.63, 3.8) is 0 Å². The van der Waals surface area contributed by atoms with Crippen molar-refractivity contribution in [1.29, 1.82) is 0 Å². The van der Waals surface area contributed by atoms with Gasteiger partial charge in [-0.2, -0.15) is 11.3 Å². The number of hydrogen-bond acceptors (Lipinski definition) is 2. The van der Waals surface area contributed by atoms with Gasteiger partial charge in [0.15, 0.2) is 0 Å². The molecule has 0 aliphatic carbocycles. The van der Waals surface area contributed by atoms with Crippen molar-refractivity contribution in [3.05, 3.63) is 56.2 Å². The molecule has 18 heavy (non-hydrogen) atoms. The smallest absolute Gasteiger partial charge is 0.0453 e. The average Bonchev–Trinajstić information content (AvgIpc) is 2.84. The summed E-state index contributed by atoms with van der Waals surface area (Å²) in [6, 6.07) is 8.25. The summed E-state index contributed by atoms with van der Waals surface area (Å²) in [6.45, 7) is 0. The van der Waals surface area contributed by atoms with Gasteiger partial charge in [-0.05, 0) is 60.0 Å². The van der Waals surface area contributed by atoms with Crippen molar-refractivity contribution in [1.82, 2.24) is 5.32 Å². The second-order valence-electron chi connectivity index (χ2n) is 4.26. The first-order valence-corrected chi connectivity index (χ1v) is 7.51. The van der Waals surface area contributed by atoms with E-state index in [1.807, 2.05) is 19.2 Å². The Bertz CT molecular complexity index is 497. The van der Waals surface area contributed by atoms with Crippen molar-refractivity contribution in [2.45, 2.75) is 18.9 Å². The summed E-state index contributed by atoms with van der Waals surface area (Å²) in [5.74, 6) is 0. The van der Waals surface area contributed by atoms with Crippen LogP contribution in [-0.2, 0) is 12.8 Å². The quantitative estimate of drug-likeness (QED) is 0.861. The molecule has 0 radical (unpaired) electrons. The summed E-state index contributed by atoms with van der Waals surface area (Å²) in [5, 5.41) is 9.07. The molecule has 0 fully saturated rings. The maximum absolute atomic E-state index is 6.20. The summed E-state index contributed by atoms with van der Waals surface area (Å²) >= 11 is 13.8. The Morgan fingerprint density at radius 3 is 2.67 bits per heavy atom. The maximum atomic E-state index is 6.20. The molecule has 1 heterocycles. The molecule has 4 heteroatoms. The molecule has 1 atom stereocenters. The second kappa shape index (κ2) is 6.58. The fourth-order valence-corrected chi connectivity index (χ4v) is 3.09. The van der Waals surface area contributed by atoms with E-state index in [4.69, 9.17) is 23.2 Å². The number of nitrogens with one attached hydrogen (secondary N) is 1. The van der Waals surface area contributed by atoms with Crippen LogP contribution in [0.25, 0.3) is 0 Å². The number of hydrogen-bond donors (Lipinski definition) is 1. The molecule has 96 valence electrons. The van der Waals surface area contributed by atoms with E-state index in [1.54, 1.807) is 17.4 Å². The summed E-state index contributed by atoms with van der Waals surface area (Å²) < 4.78 is 0. The zero-order chi connectivity index (χ0) is 13.0. The molecule has 1 N–H and O–H groups in total. The van der Waals surface area contributed by atoms with E-state index in [0.29, 0.717) is 11.1 Å². The van der Waals surface area contributed by atoms with E-state index in [1.165, 1.54) is 5.56 Å². The molecule has 0 spiro atoms. The van der Waals surface area contributed by atoms with E-state index >= 15 is 0 Å². The van der Waals surface area contributed by atoms with Crippen LogP contribution in [-0.4, -0.2) is 13.1 Å². The molecule has 1 unspecified atom stereocenters. The summed E-state index contributed by atoms with van der Waals surface area (Å²) in [5.41, 5.74) is 2.50. The molecule has 0 aliphatic rings. The van der Waals surface area contributed by atoms with Crippen LogP contribution in [0.3, 0.4) is 0 Å². The Morgan fingerprint density at radius 2 is 2.06 bits per heavy atom. The fourth-order valence-electron chi connectivity index (χ4n) is 1.92. The first-order valence-electron chi connectivity index (χ1n) is 5.81. The van der Waals surface area contributed by atoms with Gasteiger partial charge in [0, 0.05) is 16.1 Å². The minimum Gasteiger partial charge on any atom is -0.316 e. The summed E-state index contributed by atoms with van der Waals surface area (Å²) in [4.78, 5) is 0. The van der Waals surface area contributed by atoms with Crippen LogP contribution in [0.15, 0.2) is 35.0 Å². The van der Waals surface area contributed by atoms with E-state index in [2.05, 4.69) is 22.1 Å². The lowest BCUT2D eigenvalue weighted by molar-refractivity contribution is 0.557. The van der Waals surface area contributed by atoms with Gasteiger partial charge < -0.3 is 5.32 Å². The Kier molecular flexibility index (Phi) is 5.07. The second-order valence-corrected chi connectivity index (χ2v) is 5.88. The number of halogens is 2. The molecular formula is C14H15Cl2NS. The van der Waals surface area contributed by atoms with Gasteiger partial charge in [0.05, 0.1) is 0 Å². The Hall–Kier alpha value is -0.540. The fraction of sp³-hybridized carbons (Fsp3) is 0.286. The average molecular weight is 300 g/mol.